The third-order valence-electron chi connectivity index (χ3n) is 4.50. The van der Waals surface area contributed by atoms with Gasteiger partial charge in [0, 0.05) is 12.2 Å². The molecular formula is C23H26N4O. The van der Waals surface area contributed by atoms with E-state index >= 15 is 0 Å². The summed E-state index contributed by atoms with van der Waals surface area (Å²) >= 11 is 0. The summed E-state index contributed by atoms with van der Waals surface area (Å²) in [6.07, 6.45) is 1.82. The highest BCUT2D eigenvalue weighted by Crippen LogP contribution is 2.17. The van der Waals surface area contributed by atoms with Gasteiger partial charge >= 0.3 is 0 Å². The molecule has 0 fully saturated rings. The van der Waals surface area contributed by atoms with Crippen LogP contribution in [-0.2, 0) is 6.42 Å². The summed E-state index contributed by atoms with van der Waals surface area (Å²) in [6, 6.07) is 22.1. The SMILES string of the molecule is Cc1cc(C(=O)NCCCc2ccccc2)nc(NC(C)c2ccccc2)n1. The maximum absolute atomic E-state index is 12.5. The first-order valence-corrected chi connectivity index (χ1v) is 9.61. The molecule has 28 heavy (non-hydrogen) atoms. The van der Waals surface area contributed by atoms with E-state index in [1.54, 1.807) is 6.07 Å². The number of nitrogens with one attached hydrogen (secondary N) is 2. The summed E-state index contributed by atoms with van der Waals surface area (Å²) in [5.74, 6) is 0.291. The topological polar surface area (TPSA) is 66.9 Å². The Bertz CT molecular complexity index is 897. The van der Waals surface area contributed by atoms with E-state index in [4.69, 9.17) is 0 Å². The van der Waals surface area contributed by atoms with Crippen LogP contribution in [0.1, 0.15) is 46.7 Å². The second-order valence-electron chi connectivity index (χ2n) is 6.84. The molecule has 0 spiro atoms. The Morgan fingerprint density at radius 1 is 1.00 bits per heavy atom. The van der Waals surface area contributed by atoms with Gasteiger partial charge in [-0.3, -0.25) is 4.79 Å². The smallest absolute Gasteiger partial charge is 0.270 e. The average molecular weight is 374 g/mol. The van der Waals surface area contributed by atoms with Crippen molar-refractivity contribution in [2.75, 3.05) is 11.9 Å². The molecule has 1 unspecified atom stereocenters. The Hall–Kier alpha value is -3.21. The van der Waals surface area contributed by atoms with E-state index in [1.807, 2.05) is 62.4 Å². The van der Waals surface area contributed by atoms with Gasteiger partial charge in [0.2, 0.25) is 5.95 Å². The summed E-state index contributed by atoms with van der Waals surface area (Å²) in [6.45, 7) is 4.52. The maximum Gasteiger partial charge on any atom is 0.270 e. The van der Waals surface area contributed by atoms with Crippen molar-refractivity contribution in [3.63, 3.8) is 0 Å². The number of aryl methyl sites for hydroxylation is 2. The van der Waals surface area contributed by atoms with Gasteiger partial charge in [0.05, 0.1) is 6.04 Å². The maximum atomic E-state index is 12.5. The predicted molar refractivity (Wildman–Crippen MR) is 112 cm³/mol. The van der Waals surface area contributed by atoms with Crippen LogP contribution in [0, 0.1) is 6.92 Å². The first-order chi connectivity index (χ1) is 13.6. The molecule has 144 valence electrons. The highest BCUT2D eigenvalue weighted by molar-refractivity contribution is 5.92. The minimum Gasteiger partial charge on any atom is -0.351 e. The van der Waals surface area contributed by atoms with E-state index in [9.17, 15) is 4.79 Å². The van der Waals surface area contributed by atoms with Crippen LogP contribution in [0.3, 0.4) is 0 Å². The molecule has 0 aliphatic heterocycles. The quantitative estimate of drug-likeness (QED) is 0.576. The summed E-state index contributed by atoms with van der Waals surface area (Å²) in [4.78, 5) is 21.3. The van der Waals surface area contributed by atoms with E-state index in [2.05, 4.69) is 32.7 Å². The fraction of sp³-hybridized carbons (Fsp3) is 0.261. The normalized spacial score (nSPS) is 11.6. The molecule has 0 saturated carbocycles. The minimum absolute atomic E-state index is 0.0461. The molecule has 5 nitrogen and oxygen atoms in total. The molecule has 1 atom stereocenters. The molecule has 2 aromatic carbocycles. The zero-order valence-electron chi connectivity index (χ0n) is 16.4. The first-order valence-electron chi connectivity index (χ1n) is 9.61. The van der Waals surface area contributed by atoms with Gasteiger partial charge in [0.25, 0.3) is 5.91 Å². The van der Waals surface area contributed by atoms with Crippen molar-refractivity contribution in [2.24, 2.45) is 0 Å². The zero-order chi connectivity index (χ0) is 19.8. The standard InChI is InChI=1S/C23H26N4O/c1-17-16-21(22(28)24-15-9-12-19-10-5-3-6-11-19)27-23(25-17)26-18(2)20-13-7-4-8-14-20/h3-8,10-11,13-14,16,18H,9,12,15H2,1-2H3,(H,24,28)(H,25,26,27). The molecule has 1 aromatic heterocycles. The fourth-order valence-electron chi connectivity index (χ4n) is 3.00. The number of rotatable bonds is 8. The zero-order valence-corrected chi connectivity index (χ0v) is 16.4. The Morgan fingerprint density at radius 3 is 2.39 bits per heavy atom. The van der Waals surface area contributed by atoms with Crippen LogP contribution in [-0.4, -0.2) is 22.4 Å². The summed E-state index contributed by atoms with van der Waals surface area (Å²) in [7, 11) is 0. The minimum atomic E-state index is -0.172. The number of carbonyl (C=O) groups is 1. The monoisotopic (exact) mass is 374 g/mol. The second-order valence-corrected chi connectivity index (χ2v) is 6.84. The molecule has 2 N–H and O–H groups in total. The predicted octanol–water partition coefficient (Wildman–Crippen LogP) is 4.32. The molecule has 0 aliphatic rings. The van der Waals surface area contributed by atoms with E-state index in [0.29, 0.717) is 18.2 Å². The van der Waals surface area contributed by atoms with E-state index in [-0.39, 0.29) is 11.9 Å². The average Bonchev–Trinajstić information content (AvgIpc) is 2.72. The van der Waals surface area contributed by atoms with E-state index in [1.165, 1.54) is 5.56 Å². The third kappa shape index (κ3) is 5.64. The Balaban J connectivity index is 1.56. The number of hydrogen-bond donors (Lipinski definition) is 2. The van der Waals surface area contributed by atoms with Gasteiger partial charge in [-0.1, -0.05) is 60.7 Å². The summed E-state index contributed by atoms with van der Waals surface area (Å²) in [5.41, 5.74) is 3.55. The number of nitrogens with zero attached hydrogens (tertiary/aromatic N) is 2. The van der Waals surface area contributed by atoms with Gasteiger partial charge in [-0.05, 0) is 43.9 Å². The molecule has 5 heteroatoms. The molecule has 1 heterocycles. The lowest BCUT2D eigenvalue weighted by atomic mass is 10.1. The van der Waals surface area contributed by atoms with Crippen LogP contribution in [0.15, 0.2) is 66.7 Å². The Morgan fingerprint density at radius 2 is 1.68 bits per heavy atom. The van der Waals surface area contributed by atoms with Crippen molar-refractivity contribution in [3.05, 3.63) is 89.2 Å². The number of benzene rings is 2. The molecule has 3 rings (SSSR count). The van der Waals surface area contributed by atoms with Crippen LogP contribution < -0.4 is 10.6 Å². The van der Waals surface area contributed by atoms with Gasteiger partial charge in [0.15, 0.2) is 0 Å². The summed E-state index contributed by atoms with van der Waals surface area (Å²) < 4.78 is 0. The molecular weight excluding hydrogens is 348 g/mol. The largest absolute Gasteiger partial charge is 0.351 e. The fourth-order valence-corrected chi connectivity index (χ4v) is 3.00. The van der Waals surface area contributed by atoms with Crippen LogP contribution in [0.25, 0.3) is 0 Å². The van der Waals surface area contributed by atoms with Crippen LogP contribution in [0.4, 0.5) is 5.95 Å². The molecule has 0 saturated heterocycles. The number of hydrogen-bond acceptors (Lipinski definition) is 4. The number of carbonyl (C=O) groups excluding carboxylic acids is 1. The lowest BCUT2D eigenvalue weighted by Gasteiger charge is -2.15. The highest BCUT2D eigenvalue weighted by atomic mass is 16.1. The van der Waals surface area contributed by atoms with Crippen molar-refractivity contribution >= 4 is 11.9 Å². The highest BCUT2D eigenvalue weighted by Gasteiger charge is 2.12. The third-order valence-corrected chi connectivity index (χ3v) is 4.50. The Kier molecular flexibility index (Phi) is 6.73. The van der Waals surface area contributed by atoms with Crippen LogP contribution >= 0.6 is 0 Å². The van der Waals surface area contributed by atoms with Gasteiger partial charge in [-0.25, -0.2) is 9.97 Å². The molecule has 0 aliphatic carbocycles. The van der Waals surface area contributed by atoms with Gasteiger partial charge in [0.1, 0.15) is 5.69 Å². The van der Waals surface area contributed by atoms with E-state index in [0.717, 1.165) is 24.1 Å². The van der Waals surface area contributed by atoms with Gasteiger partial charge in [-0.15, -0.1) is 0 Å². The van der Waals surface area contributed by atoms with Gasteiger partial charge in [-0.2, -0.15) is 0 Å². The van der Waals surface area contributed by atoms with E-state index < -0.39 is 0 Å². The summed E-state index contributed by atoms with van der Waals surface area (Å²) in [5, 5.41) is 6.23. The first kappa shape index (κ1) is 19.5. The lowest BCUT2D eigenvalue weighted by Crippen LogP contribution is -2.26. The van der Waals surface area contributed by atoms with Crippen LogP contribution in [0.2, 0.25) is 0 Å². The molecule has 3 aromatic rings. The van der Waals surface area contributed by atoms with Gasteiger partial charge < -0.3 is 10.6 Å². The number of anilines is 1. The van der Waals surface area contributed by atoms with Crippen LogP contribution in [0.5, 0.6) is 0 Å². The number of aromatic nitrogens is 2. The van der Waals surface area contributed by atoms with Crippen molar-refractivity contribution in [1.29, 1.82) is 0 Å². The van der Waals surface area contributed by atoms with Crippen molar-refractivity contribution < 1.29 is 4.79 Å². The second kappa shape index (κ2) is 9.65. The molecule has 0 radical (unpaired) electrons. The van der Waals surface area contributed by atoms with Crippen molar-refractivity contribution in [1.82, 2.24) is 15.3 Å². The molecule has 0 bridgehead atoms. The van der Waals surface area contributed by atoms with Crippen molar-refractivity contribution in [3.8, 4) is 0 Å². The number of amides is 1. The van der Waals surface area contributed by atoms with Crippen molar-refractivity contribution in [2.45, 2.75) is 32.7 Å². The lowest BCUT2D eigenvalue weighted by molar-refractivity contribution is 0.0948. The Labute approximate surface area is 166 Å². The molecule has 1 amide bonds.